The van der Waals surface area contributed by atoms with E-state index in [4.69, 9.17) is 0 Å². The molecule has 0 unspecified atom stereocenters. The molecule has 0 aromatic heterocycles. The van der Waals surface area contributed by atoms with Crippen molar-refractivity contribution in [3.63, 3.8) is 0 Å². The number of halogens is 3. The number of carbonyl (C=O) groups is 1. The highest BCUT2D eigenvalue weighted by Gasteiger charge is 2.40. The molecule has 0 aliphatic heterocycles. The number of hydrogen-bond donors (Lipinski definition) is 2. The minimum Gasteiger partial charge on any atom is -0.508 e. The van der Waals surface area contributed by atoms with E-state index in [0.717, 1.165) is 5.39 Å². The molecular formula is C19H14F3NO2. The summed E-state index contributed by atoms with van der Waals surface area (Å²) in [6.07, 6.45) is -5.02. The first-order valence-corrected chi connectivity index (χ1v) is 7.51. The molecule has 0 spiro atoms. The van der Waals surface area contributed by atoms with E-state index in [9.17, 15) is 23.1 Å². The second kappa shape index (κ2) is 6.47. The Kier molecular flexibility index (Phi) is 4.35. The van der Waals surface area contributed by atoms with Gasteiger partial charge in [0, 0.05) is 5.56 Å². The zero-order chi connectivity index (χ0) is 18.0. The van der Waals surface area contributed by atoms with Gasteiger partial charge in [0.25, 0.3) is 0 Å². The number of alkyl halides is 3. The first kappa shape index (κ1) is 16.8. The van der Waals surface area contributed by atoms with Gasteiger partial charge in [0.15, 0.2) is 0 Å². The highest BCUT2D eigenvalue weighted by Crippen LogP contribution is 2.36. The second-order valence-electron chi connectivity index (χ2n) is 5.53. The van der Waals surface area contributed by atoms with Crippen molar-refractivity contribution in [2.45, 2.75) is 12.2 Å². The largest absolute Gasteiger partial charge is 0.508 e. The van der Waals surface area contributed by atoms with Gasteiger partial charge in [-0.05, 0) is 22.4 Å². The van der Waals surface area contributed by atoms with E-state index in [2.05, 4.69) is 0 Å². The summed E-state index contributed by atoms with van der Waals surface area (Å²) in [6, 6.07) is 17.2. The molecule has 0 aliphatic rings. The number of amides is 1. The molecule has 1 atom stereocenters. The minimum atomic E-state index is -5.02. The normalized spacial score (nSPS) is 12.8. The maximum absolute atomic E-state index is 12.8. The van der Waals surface area contributed by atoms with E-state index in [0.29, 0.717) is 10.9 Å². The quantitative estimate of drug-likeness (QED) is 0.743. The number of phenolic OH excluding ortho intramolecular Hbond substituents is 1. The van der Waals surface area contributed by atoms with Gasteiger partial charge in [0.05, 0.1) is 6.04 Å². The molecule has 3 rings (SSSR count). The van der Waals surface area contributed by atoms with E-state index in [1.54, 1.807) is 60.7 Å². The third kappa shape index (κ3) is 3.42. The molecule has 1 amide bonds. The van der Waals surface area contributed by atoms with Gasteiger partial charge in [-0.15, -0.1) is 0 Å². The molecular weight excluding hydrogens is 331 g/mol. The summed E-state index contributed by atoms with van der Waals surface area (Å²) in [4.78, 5) is 11.6. The van der Waals surface area contributed by atoms with Crippen LogP contribution in [0.4, 0.5) is 13.2 Å². The molecule has 0 saturated carbocycles. The van der Waals surface area contributed by atoms with Gasteiger partial charge in [-0.3, -0.25) is 4.79 Å². The van der Waals surface area contributed by atoms with Crippen molar-refractivity contribution in [3.05, 3.63) is 77.9 Å². The van der Waals surface area contributed by atoms with Crippen LogP contribution in [0.3, 0.4) is 0 Å². The number of nitrogens with one attached hydrogen (secondary N) is 1. The Morgan fingerprint density at radius 3 is 2.24 bits per heavy atom. The molecule has 0 bridgehead atoms. The van der Waals surface area contributed by atoms with E-state index in [-0.39, 0.29) is 11.3 Å². The summed E-state index contributed by atoms with van der Waals surface area (Å²) in [5.74, 6) is -2.25. The van der Waals surface area contributed by atoms with Crippen LogP contribution in [0.5, 0.6) is 5.75 Å². The van der Waals surface area contributed by atoms with Crippen LogP contribution >= 0.6 is 0 Å². The van der Waals surface area contributed by atoms with Crippen LogP contribution in [0.1, 0.15) is 17.2 Å². The smallest absolute Gasteiger partial charge is 0.471 e. The number of benzene rings is 3. The molecule has 25 heavy (non-hydrogen) atoms. The Labute approximate surface area is 141 Å². The standard InChI is InChI=1S/C19H14F3NO2/c20-19(21,22)18(25)23-17(13-7-2-1-3-8-13)16-14-9-5-4-6-12(14)10-11-15(16)24/h1-11,17,24H,(H,23,25)/t17-/m1/s1. The predicted molar refractivity (Wildman–Crippen MR) is 88.1 cm³/mol. The van der Waals surface area contributed by atoms with Crippen molar-refractivity contribution >= 4 is 16.7 Å². The molecule has 3 aromatic carbocycles. The monoisotopic (exact) mass is 345 g/mol. The van der Waals surface area contributed by atoms with Crippen LogP contribution in [-0.4, -0.2) is 17.2 Å². The third-order valence-corrected chi connectivity index (χ3v) is 3.90. The minimum absolute atomic E-state index is 0.185. The van der Waals surface area contributed by atoms with Gasteiger partial charge >= 0.3 is 12.1 Å². The first-order valence-electron chi connectivity index (χ1n) is 7.51. The lowest BCUT2D eigenvalue weighted by atomic mass is 9.92. The van der Waals surface area contributed by atoms with Gasteiger partial charge in [0.1, 0.15) is 5.75 Å². The average Bonchev–Trinajstić information content (AvgIpc) is 2.60. The molecule has 0 radical (unpaired) electrons. The van der Waals surface area contributed by atoms with Gasteiger partial charge in [0.2, 0.25) is 0 Å². The Balaban J connectivity index is 2.19. The van der Waals surface area contributed by atoms with E-state index < -0.39 is 18.1 Å². The summed E-state index contributed by atoms with van der Waals surface area (Å²) in [6.45, 7) is 0. The lowest BCUT2D eigenvalue weighted by molar-refractivity contribution is -0.174. The maximum Gasteiger partial charge on any atom is 0.471 e. The summed E-state index contributed by atoms with van der Waals surface area (Å²) < 4.78 is 38.3. The van der Waals surface area contributed by atoms with Crippen molar-refractivity contribution in [1.29, 1.82) is 0 Å². The van der Waals surface area contributed by atoms with Crippen LogP contribution in [0.2, 0.25) is 0 Å². The molecule has 128 valence electrons. The molecule has 0 aliphatic carbocycles. The van der Waals surface area contributed by atoms with Crippen molar-refractivity contribution in [2.75, 3.05) is 0 Å². The Bertz CT molecular complexity index is 907. The van der Waals surface area contributed by atoms with Crippen LogP contribution in [0, 0.1) is 0 Å². The average molecular weight is 345 g/mol. The highest BCUT2D eigenvalue weighted by molar-refractivity contribution is 5.90. The summed E-state index contributed by atoms with van der Waals surface area (Å²) in [5, 5.41) is 13.6. The van der Waals surface area contributed by atoms with Crippen molar-refractivity contribution in [2.24, 2.45) is 0 Å². The topological polar surface area (TPSA) is 49.3 Å². The SMILES string of the molecule is O=C(N[C@H](c1ccccc1)c1c(O)ccc2ccccc12)C(F)(F)F. The van der Waals surface area contributed by atoms with Crippen LogP contribution in [-0.2, 0) is 4.79 Å². The Morgan fingerprint density at radius 2 is 1.56 bits per heavy atom. The van der Waals surface area contributed by atoms with E-state index in [1.165, 1.54) is 6.07 Å². The zero-order valence-electron chi connectivity index (χ0n) is 12.9. The number of carbonyl (C=O) groups excluding carboxylic acids is 1. The van der Waals surface area contributed by atoms with Crippen LogP contribution < -0.4 is 5.32 Å². The van der Waals surface area contributed by atoms with E-state index >= 15 is 0 Å². The van der Waals surface area contributed by atoms with Gasteiger partial charge in [-0.2, -0.15) is 13.2 Å². The highest BCUT2D eigenvalue weighted by atomic mass is 19.4. The zero-order valence-corrected chi connectivity index (χ0v) is 12.9. The first-order chi connectivity index (χ1) is 11.9. The van der Waals surface area contributed by atoms with Crippen molar-refractivity contribution < 1.29 is 23.1 Å². The molecule has 0 saturated heterocycles. The predicted octanol–water partition coefficient (Wildman–Crippen LogP) is 4.31. The lowest BCUT2D eigenvalue weighted by Gasteiger charge is -2.23. The summed E-state index contributed by atoms with van der Waals surface area (Å²) in [5.41, 5.74) is 0.661. The van der Waals surface area contributed by atoms with Gasteiger partial charge < -0.3 is 10.4 Å². The van der Waals surface area contributed by atoms with Crippen LogP contribution in [0.25, 0.3) is 10.8 Å². The molecule has 3 nitrogen and oxygen atoms in total. The van der Waals surface area contributed by atoms with E-state index in [1.807, 2.05) is 5.32 Å². The van der Waals surface area contributed by atoms with Crippen LogP contribution in [0.15, 0.2) is 66.7 Å². The molecule has 2 N–H and O–H groups in total. The number of hydrogen-bond acceptors (Lipinski definition) is 2. The lowest BCUT2D eigenvalue weighted by Crippen LogP contribution is -2.39. The summed E-state index contributed by atoms with van der Waals surface area (Å²) in [7, 11) is 0. The Hall–Kier alpha value is -3.02. The number of fused-ring (bicyclic) bond motifs is 1. The fourth-order valence-corrected chi connectivity index (χ4v) is 2.77. The van der Waals surface area contributed by atoms with Crippen molar-refractivity contribution in [1.82, 2.24) is 5.32 Å². The number of aromatic hydroxyl groups is 1. The number of phenols is 1. The maximum atomic E-state index is 12.8. The Morgan fingerprint density at radius 1 is 0.920 bits per heavy atom. The fraction of sp³-hybridized carbons (Fsp3) is 0.105. The van der Waals surface area contributed by atoms with Gasteiger partial charge in [-0.25, -0.2) is 0 Å². The molecule has 6 heteroatoms. The number of rotatable bonds is 3. The van der Waals surface area contributed by atoms with Crippen molar-refractivity contribution in [3.8, 4) is 5.75 Å². The summed E-state index contributed by atoms with van der Waals surface area (Å²) >= 11 is 0. The molecule has 0 heterocycles. The second-order valence-corrected chi connectivity index (χ2v) is 5.53. The fourth-order valence-electron chi connectivity index (χ4n) is 2.77. The molecule has 3 aromatic rings. The van der Waals surface area contributed by atoms with Gasteiger partial charge in [-0.1, -0.05) is 60.7 Å². The third-order valence-electron chi connectivity index (χ3n) is 3.90. The molecule has 0 fully saturated rings.